The zero-order valence-corrected chi connectivity index (χ0v) is 14.5. The number of allylic oxidation sites excluding steroid dienone is 2. The zero-order chi connectivity index (χ0) is 16.8. The third-order valence-corrected chi connectivity index (χ3v) is 6.00. The van der Waals surface area contributed by atoms with Crippen LogP contribution in [0.3, 0.4) is 0 Å². The number of aromatic nitrogens is 1. The molecule has 1 atom stereocenters. The minimum atomic E-state index is -3.48. The average molecular weight is 348 g/mol. The van der Waals surface area contributed by atoms with Crippen molar-refractivity contribution < 1.29 is 8.42 Å². The Balaban J connectivity index is 1.56. The van der Waals surface area contributed by atoms with E-state index in [0.717, 1.165) is 44.9 Å². The summed E-state index contributed by atoms with van der Waals surface area (Å²) in [5.74, 6) is 0.996. The third kappa shape index (κ3) is 4.64. The van der Waals surface area contributed by atoms with Crippen molar-refractivity contribution in [3.63, 3.8) is 0 Å². The van der Waals surface area contributed by atoms with Gasteiger partial charge in [0, 0.05) is 18.5 Å². The number of pyridine rings is 1. The maximum Gasteiger partial charge on any atom is 0.242 e. The molecule has 0 unspecified atom stereocenters. The number of nitrogens with one attached hydrogen (secondary N) is 2. The molecule has 0 amide bonds. The first kappa shape index (κ1) is 17.1. The monoisotopic (exact) mass is 348 g/mol. The predicted molar refractivity (Wildman–Crippen MR) is 95.4 cm³/mol. The smallest absolute Gasteiger partial charge is 0.242 e. The van der Waals surface area contributed by atoms with Gasteiger partial charge in [0.1, 0.15) is 10.7 Å². The second-order valence-corrected chi connectivity index (χ2v) is 8.13. The quantitative estimate of drug-likeness (QED) is 0.470. The first-order chi connectivity index (χ1) is 11.6. The number of sulfonamides is 1. The Morgan fingerprint density at radius 3 is 2.67 bits per heavy atom. The van der Waals surface area contributed by atoms with Gasteiger partial charge in [-0.2, -0.15) is 5.10 Å². The topological polar surface area (TPSA) is 83.5 Å². The van der Waals surface area contributed by atoms with Gasteiger partial charge in [-0.25, -0.2) is 18.1 Å². The Bertz CT molecular complexity index is 692. The van der Waals surface area contributed by atoms with Crippen molar-refractivity contribution in [2.24, 2.45) is 11.0 Å². The van der Waals surface area contributed by atoms with Crippen molar-refractivity contribution >= 4 is 22.1 Å². The molecule has 1 heterocycles. The lowest BCUT2D eigenvalue weighted by atomic mass is 9.96. The molecule has 1 saturated carbocycles. The highest BCUT2D eigenvalue weighted by Gasteiger charge is 2.23. The fourth-order valence-electron chi connectivity index (χ4n) is 3.10. The molecule has 0 aliphatic heterocycles. The van der Waals surface area contributed by atoms with Gasteiger partial charge in [0.15, 0.2) is 0 Å². The lowest BCUT2D eigenvalue weighted by Gasteiger charge is -2.13. The maximum atomic E-state index is 12.3. The van der Waals surface area contributed by atoms with E-state index in [1.807, 2.05) is 6.21 Å². The zero-order valence-electron chi connectivity index (χ0n) is 13.7. The van der Waals surface area contributed by atoms with Gasteiger partial charge in [0.2, 0.25) is 10.0 Å². The standard InChI is InChI=1S/C17H24N4O2S/c22-24(23,21-15-8-4-5-9-15)16-10-11-17(18-13-16)20-19-12-14-6-2-1-3-7-14/h1-2,10-15,21H,3-9H2,(H,18,20)/t14-/m1/s1. The number of rotatable bonds is 6. The van der Waals surface area contributed by atoms with E-state index >= 15 is 0 Å². The largest absolute Gasteiger partial charge is 0.262 e. The molecule has 0 bridgehead atoms. The predicted octanol–water partition coefficient (Wildman–Crippen LogP) is 3.06. The Hall–Kier alpha value is -1.73. The van der Waals surface area contributed by atoms with E-state index in [0.29, 0.717) is 11.7 Å². The minimum absolute atomic E-state index is 0.0574. The molecular formula is C17H24N4O2S. The van der Waals surface area contributed by atoms with Crippen molar-refractivity contribution in [1.29, 1.82) is 0 Å². The van der Waals surface area contributed by atoms with Crippen LogP contribution in [0.2, 0.25) is 0 Å². The van der Waals surface area contributed by atoms with Crippen LogP contribution in [0.5, 0.6) is 0 Å². The van der Waals surface area contributed by atoms with Crippen LogP contribution in [0.15, 0.2) is 40.5 Å². The van der Waals surface area contributed by atoms with Crippen molar-refractivity contribution in [2.75, 3.05) is 5.43 Å². The van der Waals surface area contributed by atoms with Crippen LogP contribution >= 0.6 is 0 Å². The first-order valence-electron chi connectivity index (χ1n) is 8.56. The number of nitrogens with zero attached hydrogens (tertiary/aromatic N) is 2. The molecule has 2 N–H and O–H groups in total. The van der Waals surface area contributed by atoms with Gasteiger partial charge >= 0.3 is 0 Å². The second-order valence-electron chi connectivity index (χ2n) is 6.42. The van der Waals surface area contributed by atoms with Gasteiger partial charge in [-0.3, -0.25) is 5.43 Å². The molecule has 2 aliphatic carbocycles. The summed E-state index contributed by atoms with van der Waals surface area (Å²) in [6, 6.07) is 3.26. The molecule has 130 valence electrons. The van der Waals surface area contributed by atoms with Gasteiger partial charge < -0.3 is 0 Å². The molecule has 0 spiro atoms. The van der Waals surface area contributed by atoms with Gasteiger partial charge in [-0.1, -0.05) is 25.0 Å². The fraction of sp³-hybridized carbons (Fsp3) is 0.529. The summed E-state index contributed by atoms with van der Waals surface area (Å²) < 4.78 is 27.4. The van der Waals surface area contributed by atoms with Gasteiger partial charge in [-0.15, -0.1) is 0 Å². The number of hydrogen-bond donors (Lipinski definition) is 2. The van der Waals surface area contributed by atoms with Crippen molar-refractivity contribution in [1.82, 2.24) is 9.71 Å². The second kappa shape index (κ2) is 7.90. The lowest BCUT2D eigenvalue weighted by molar-refractivity contribution is 0.552. The number of hydrazone groups is 1. The summed E-state index contributed by atoms with van der Waals surface area (Å²) >= 11 is 0. The van der Waals surface area contributed by atoms with E-state index in [1.54, 1.807) is 12.1 Å². The van der Waals surface area contributed by atoms with E-state index in [9.17, 15) is 8.42 Å². The van der Waals surface area contributed by atoms with Crippen LogP contribution < -0.4 is 10.1 Å². The van der Waals surface area contributed by atoms with Crippen molar-refractivity contribution in [3.05, 3.63) is 30.5 Å². The van der Waals surface area contributed by atoms with Crippen LogP contribution in [0.25, 0.3) is 0 Å². The van der Waals surface area contributed by atoms with E-state index in [-0.39, 0.29) is 10.9 Å². The summed E-state index contributed by atoms with van der Waals surface area (Å²) in [7, 11) is -3.48. The highest BCUT2D eigenvalue weighted by Crippen LogP contribution is 2.20. The normalized spacial score (nSPS) is 22.2. The highest BCUT2D eigenvalue weighted by atomic mass is 32.2. The summed E-state index contributed by atoms with van der Waals surface area (Å²) in [6.07, 6.45) is 14.9. The molecule has 6 nitrogen and oxygen atoms in total. The van der Waals surface area contributed by atoms with Crippen LogP contribution in [0.1, 0.15) is 44.9 Å². The minimum Gasteiger partial charge on any atom is -0.262 e. The third-order valence-electron chi connectivity index (χ3n) is 4.50. The van der Waals surface area contributed by atoms with Crippen molar-refractivity contribution in [3.8, 4) is 0 Å². The number of hydrogen-bond acceptors (Lipinski definition) is 5. The van der Waals surface area contributed by atoms with Crippen LogP contribution in [0, 0.1) is 5.92 Å². The molecular weight excluding hydrogens is 324 g/mol. The van der Waals surface area contributed by atoms with Crippen LogP contribution in [-0.2, 0) is 10.0 Å². The van der Waals surface area contributed by atoms with E-state index in [1.165, 1.54) is 6.20 Å². The van der Waals surface area contributed by atoms with E-state index < -0.39 is 10.0 Å². The Labute approximate surface area is 143 Å². The van der Waals surface area contributed by atoms with Gasteiger partial charge in [0.05, 0.1) is 0 Å². The van der Waals surface area contributed by atoms with E-state index in [2.05, 4.69) is 32.4 Å². The van der Waals surface area contributed by atoms with Crippen LogP contribution in [-0.4, -0.2) is 25.7 Å². The number of anilines is 1. The Morgan fingerprint density at radius 1 is 1.17 bits per heavy atom. The lowest BCUT2D eigenvalue weighted by Crippen LogP contribution is -2.32. The molecule has 24 heavy (non-hydrogen) atoms. The molecule has 0 aromatic carbocycles. The average Bonchev–Trinajstić information content (AvgIpc) is 3.09. The molecule has 7 heteroatoms. The van der Waals surface area contributed by atoms with E-state index in [4.69, 9.17) is 0 Å². The Kier molecular flexibility index (Phi) is 5.63. The Morgan fingerprint density at radius 2 is 2.00 bits per heavy atom. The summed E-state index contributed by atoms with van der Waals surface area (Å²) in [5, 5.41) is 4.20. The maximum absolute atomic E-state index is 12.3. The summed E-state index contributed by atoms with van der Waals surface area (Å²) in [4.78, 5) is 4.34. The highest BCUT2D eigenvalue weighted by molar-refractivity contribution is 7.89. The molecule has 1 fully saturated rings. The molecule has 1 aromatic heterocycles. The summed E-state index contributed by atoms with van der Waals surface area (Å²) in [5.41, 5.74) is 2.86. The molecule has 0 saturated heterocycles. The molecule has 3 rings (SSSR count). The fourth-order valence-corrected chi connectivity index (χ4v) is 4.35. The summed E-state index contributed by atoms with van der Waals surface area (Å²) in [6.45, 7) is 0. The van der Waals surface area contributed by atoms with Crippen molar-refractivity contribution in [2.45, 2.75) is 55.9 Å². The van der Waals surface area contributed by atoms with Gasteiger partial charge in [-0.05, 0) is 50.2 Å². The van der Waals surface area contributed by atoms with Gasteiger partial charge in [0.25, 0.3) is 0 Å². The first-order valence-corrected chi connectivity index (χ1v) is 10.0. The molecule has 0 radical (unpaired) electrons. The van der Waals surface area contributed by atoms with Crippen LogP contribution in [0.4, 0.5) is 5.82 Å². The SMILES string of the molecule is O=S(=O)(NC1CCCC1)c1ccc(NN=C[C@@H]2CC=CCC2)nc1. The molecule has 2 aliphatic rings. The molecule has 1 aromatic rings.